The second-order valence-electron chi connectivity index (χ2n) is 5.71. The highest BCUT2D eigenvalue weighted by molar-refractivity contribution is 7.87. The smallest absolute Gasteiger partial charge is 0.336 e. The Kier molecular flexibility index (Phi) is 7.78. The van der Waals surface area contributed by atoms with Gasteiger partial charge in [-0.3, -0.25) is 0 Å². The Labute approximate surface area is 140 Å². The zero-order valence-electron chi connectivity index (χ0n) is 13.8. The first kappa shape index (κ1) is 21.0. The number of halogens is 4. The summed E-state index contributed by atoms with van der Waals surface area (Å²) in [5, 5.41) is -5.25. The standard InChI is InChI=1S/C14H24F4N2O3S/c1-3-4-5-6-7-8-9-20-11-10-19(2)13(20)23-24(21,22)14(17,18)12(15)16/h10-13H,3-9H2,1-2H3. The molecule has 24 heavy (non-hydrogen) atoms. The van der Waals surface area contributed by atoms with Gasteiger partial charge in [-0.05, 0) is 6.42 Å². The molecule has 0 amide bonds. The summed E-state index contributed by atoms with van der Waals surface area (Å²) < 4.78 is 78.1. The van der Waals surface area contributed by atoms with Crippen molar-refractivity contribution in [2.45, 2.75) is 63.5 Å². The van der Waals surface area contributed by atoms with Crippen LogP contribution >= 0.6 is 0 Å². The lowest BCUT2D eigenvalue weighted by Gasteiger charge is -2.30. The van der Waals surface area contributed by atoms with Crippen LogP contribution < -0.4 is 0 Å². The molecule has 142 valence electrons. The Morgan fingerprint density at radius 1 is 1.12 bits per heavy atom. The third kappa shape index (κ3) is 5.23. The van der Waals surface area contributed by atoms with E-state index in [0.717, 1.165) is 32.1 Å². The van der Waals surface area contributed by atoms with E-state index in [1.54, 1.807) is 0 Å². The molecule has 0 radical (unpaired) electrons. The molecule has 0 saturated heterocycles. The maximum absolute atomic E-state index is 13.1. The number of alkyl halides is 4. The molecule has 5 nitrogen and oxygen atoms in total. The van der Waals surface area contributed by atoms with Crippen LogP contribution in [0.5, 0.6) is 0 Å². The normalized spacial score (nSPS) is 18.9. The monoisotopic (exact) mass is 376 g/mol. The molecular formula is C14H24F4N2O3S. The van der Waals surface area contributed by atoms with Crippen LogP contribution in [0.25, 0.3) is 0 Å². The van der Waals surface area contributed by atoms with E-state index in [0.29, 0.717) is 13.0 Å². The Balaban J connectivity index is 2.59. The predicted octanol–water partition coefficient (Wildman–Crippen LogP) is 3.55. The van der Waals surface area contributed by atoms with Crippen molar-refractivity contribution >= 4 is 10.1 Å². The van der Waals surface area contributed by atoms with Gasteiger partial charge in [-0.1, -0.05) is 39.0 Å². The molecule has 0 bridgehead atoms. The van der Waals surface area contributed by atoms with Gasteiger partial charge in [-0.25, -0.2) is 13.0 Å². The van der Waals surface area contributed by atoms with Crippen molar-refractivity contribution in [3.8, 4) is 0 Å². The van der Waals surface area contributed by atoms with Crippen molar-refractivity contribution in [3.63, 3.8) is 0 Å². The average molecular weight is 376 g/mol. The number of unbranched alkanes of at least 4 members (excludes halogenated alkanes) is 5. The molecule has 0 aliphatic carbocycles. The Morgan fingerprint density at radius 2 is 1.71 bits per heavy atom. The minimum Gasteiger partial charge on any atom is -0.336 e. The van der Waals surface area contributed by atoms with E-state index in [9.17, 15) is 26.0 Å². The molecule has 0 saturated carbocycles. The molecule has 10 heteroatoms. The van der Waals surface area contributed by atoms with Gasteiger partial charge < -0.3 is 9.80 Å². The molecule has 1 aliphatic heterocycles. The van der Waals surface area contributed by atoms with Crippen molar-refractivity contribution in [2.75, 3.05) is 13.6 Å². The van der Waals surface area contributed by atoms with Crippen LogP contribution in [0.1, 0.15) is 45.4 Å². The van der Waals surface area contributed by atoms with Crippen LogP contribution in [-0.4, -0.2) is 49.8 Å². The molecule has 1 heterocycles. The molecule has 0 aromatic carbocycles. The molecule has 0 fully saturated rings. The highest BCUT2D eigenvalue weighted by atomic mass is 32.2. The van der Waals surface area contributed by atoms with E-state index in [2.05, 4.69) is 11.1 Å². The first-order valence-electron chi connectivity index (χ1n) is 7.88. The van der Waals surface area contributed by atoms with Gasteiger partial charge in [0.2, 0.25) is 6.35 Å². The summed E-state index contributed by atoms with van der Waals surface area (Å²) in [5.41, 5.74) is 0. The van der Waals surface area contributed by atoms with Crippen LogP contribution in [0.2, 0.25) is 0 Å². The van der Waals surface area contributed by atoms with Crippen molar-refractivity contribution in [2.24, 2.45) is 0 Å². The number of rotatable bonds is 11. The average Bonchev–Trinajstić information content (AvgIpc) is 2.83. The van der Waals surface area contributed by atoms with Crippen molar-refractivity contribution in [1.29, 1.82) is 0 Å². The lowest BCUT2D eigenvalue weighted by Crippen LogP contribution is -2.46. The van der Waals surface area contributed by atoms with Gasteiger partial charge in [0.15, 0.2) is 0 Å². The maximum atomic E-state index is 13.1. The molecular weight excluding hydrogens is 352 g/mol. The van der Waals surface area contributed by atoms with Crippen LogP contribution in [0.4, 0.5) is 17.6 Å². The zero-order chi connectivity index (χ0) is 18.4. The molecule has 1 unspecified atom stereocenters. The summed E-state index contributed by atoms with van der Waals surface area (Å²) in [7, 11) is -4.34. The van der Waals surface area contributed by atoms with Crippen LogP contribution in [-0.2, 0) is 14.3 Å². The third-order valence-corrected chi connectivity index (χ3v) is 4.97. The van der Waals surface area contributed by atoms with E-state index < -0.39 is 28.1 Å². The van der Waals surface area contributed by atoms with Crippen molar-refractivity contribution in [1.82, 2.24) is 9.80 Å². The molecule has 1 aliphatic rings. The molecule has 1 atom stereocenters. The first-order valence-corrected chi connectivity index (χ1v) is 9.29. The lowest BCUT2D eigenvalue weighted by atomic mass is 10.1. The fourth-order valence-electron chi connectivity index (χ4n) is 2.24. The van der Waals surface area contributed by atoms with Gasteiger partial charge in [-0.15, -0.1) is 0 Å². The minimum atomic E-state index is -5.76. The lowest BCUT2D eigenvalue weighted by molar-refractivity contribution is -0.0852. The number of nitrogens with zero attached hydrogens (tertiary/aromatic N) is 2. The van der Waals surface area contributed by atoms with E-state index in [1.165, 1.54) is 29.2 Å². The minimum absolute atomic E-state index is 0.382. The Bertz CT molecular complexity index is 514. The van der Waals surface area contributed by atoms with Crippen LogP contribution in [0, 0.1) is 0 Å². The van der Waals surface area contributed by atoms with Gasteiger partial charge in [0.25, 0.3) is 0 Å². The SMILES string of the molecule is CCCCCCCCN1C=CN(C)C1OS(=O)(=O)C(F)(F)C(F)F. The first-order chi connectivity index (χ1) is 11.1. The van der Waals surface area contributed by atoms with Gasteiger partial charge in [0, 0.05) is 26.0 Å². The van der Waals surface area contributed by atoms with E-state index in [4.69, 9.17) is 0 Å². The second kappa shape index (κ2) is 8.89. The summed E-state index contributed by atoms with van der Waals surface area (Å²) in [6.45, 7) is 2.48. The Morgan fingerprint density at radius 3 is 2.29 bits per heavy atom. The number of hydrogen-bond acceptors (Lipinski definition) is 5. The van der Waals surface area contributed by atoms with Crippen molar-refractivity contribution < 1.29 is 30.2 Å². The van der Waals surface area contributed by atoms with Crippen molar-refractivity contribution in [3.05, 3.63) is 12.4 Å². The van der Waals surface area contributed by atoms with Gasteiger partial charge in [-0.2, -0.15) is 17.2 Å². The summed E-state index contributed by atoms with van der Waals surface area (Å²) in [4.78, 5) is 2.63. The summed E-state index contributed by atoms with van der Waals surface area (Å²) in [5.74, 6) is 0. The fourth-order valence-corrected chi connectivity index (χ4v) is 3.06. The topological polar surface area (TPSA) is 49.9 Å². The third-order valence-electron chi connectivity index (χ3n) is 3.70. The van der Waals surface area contributed by atoms with E-state index in [-0.39, 0.29) is 0 Å². The van der Waals surface area contributed by atoms with Crippen LogP contribution in [0.3, 0.4) is 0 Å². The van der Waals surface area contributed by atoms with Gasteiger partial charge in [0.05, 0.1) is 0 Å². The predicted molar refractivity (Wildman–Crippen MR) is 81.7 cm³/mol. The van der Waals surface area contributed by atoms with E-state index >= 15 is 0 Å². The fraction of sp³-hybridized carbons (Fsp3) is 0.857. The Hall–Kier alpha value is -1.03. The van der Waals surface area contributed by atoms with Crippen LogP contribution in [0.15, 0.2) is 12.4 Å². The van der Waals surface area contributed by atoms with E-state index in [1.807, 2.05) is 0 Å². The summed E-state index contributed by atoms with van der Waals surface area (Å²) in [6, 6.07) is 0. The highest BCUT2D eigenvalue weighted by Gasteiger charge is 2.57. The molecule has 0 aromatic heterocycles. The highest BCUT2D eigenvalue weighted by Crippen LogP contribution is 2.33. The quantitative estimate of drug-likeness (QED) is 0.314. The van der Waals surface area contributed by atoms with Gasteiger partial charge in [0.1, 0.15) is 0 Å². The second-order valence-corrected chi connectivity index (χ2v) is 7.35. The largest absolute Gasteiger partial charge is 0.428 e. The molecule has 1 rings (SSSR count). The molecule has 0 aromatic rings. The van der Waals surface area contributed by atoms with Gasteiger partial charge >= 0.3 is 21.8 Å². The maximum Gasteiger partial charge on any atom is 0.428 e. The number of hydrogen-bond donors (Lipinski definition) is 0. The molecule has 0 spiro atoms. The zero-order valence-corrected chi connectivity index (χ0v) is 14.6. The summed E-state index contributed by atoms with van der Waals surface area (Å²) in [6.07, 6.45) is 3.20. The summed E-state index contributed by atoms with van der Waals surface area (Å²) >= 11 is 0. The molecule has 0 N–H and O–H groups in total.